The van der Waals surface area contributed by atoms with Crippen LogP contribution >= 0.6 is 0 Å². The summed E-state index contributed by atoms with van der Waals surface area (Å²) in [5.74, 6) is 3.32. The molecule has 256 valence electrons. The van der Waals surface area contributed by atoms with Crippen LogP contribution in [0.1, 0.15) is 26.3 Å². The molecule has 0 bridgehead atoms. The van der Waals surface area contributed by atoms with Crippen molar-refractivity contribution >= 4 is 66.2 Å². The Morgan fingerprint density at radius 1 is 0.528 bits per heavy atom. The number of fused-ring (bicyclic) bond motifs is 7. The fourth-order valence-electron chi connectivity index (χ4n) is 7.88. The van der Waals surface area contributed by atoms with E-state index in [4.69, 9.17) is 14.7 Å². The zero-order chi connectivity index (χ0) is 35.7. The average Bonchev–Trinajstić information content (AvgIpc) is 3.73. The predicted octanol–water partition coefficient (Wildman–Crippen LogP) is 12.2. The number of pyridine rings is 2. The number of benzene rings is 6. The number of para-hydroxylation sites is 1. The third-order valence-corrected chi connectivity index (χ3v) is 10.5. The van der Waals surface area contributed by atoms with Crippen molar-refractivity contribution in [3.8, 4) is 17.3 Å². The summed E-state index contributed by atoms with van der Waals surface area (Å²) in [7, 11) is 0. The van der Waals surface area contributed by atoms with E-state index in [1.54, 1.807) is 0 Å². The lowest BCUT2D eigenvalue weighted by Crippen LogP contribution is -2.24. The van der Waals surface area contributed by atoms with E-state index in [9.17, 15) is 0 Å². The van der Waals surface area contributed by atoms with Crippen LogP contribution in [-0.4, -0.2) is 21.2 Å². The van der Waals surface area contributed by atoms with Crippen molar-refractivity contribution in [1.82, 2.24) is 14.5 Å². The van der Waals surface area contributed by atoms with Gasteiger partial charge in [0, 0.05) is 46.4 Å². The highest BCUT2D eigenvalue weighted by atomic mass is 16.5. The maximum Gasteiger partial charge on any atom is 0.158 e. The van der Waals surface area contributed by atoms with E-state index in [0.29, 0.717) is 6.67 Å². The van der Waals surface area contributed by atoms with Gasteiger partial charge in [-0.25, -0.2) is 9.97 Å². The molecule has 0 saturated heterocycles. The van der Waals surface area contributed by atoms with E-state index in [-0.39, 0.29) is 5.41 Å². The molecule has 0 unspecified atom stereocenters. The molecule has 9 aromatic rings. The zero-order valence-electron chi connectivity index (χ0n) is 29.9. The van der Waals surface area contributed by atoms with E-state index in [1.165, 1.54) is 32.5 Å². The van der Waals surface area contributed by atoms with Gasteiger partial charge in [0.05, 0.1) is 22.4 Å². The predicted molar refractivity (Wildman–Crippen MR) is 219 cm³/mol. The summed E-state index contributed by atoms with van der Waals surface area (Å²) in [5.41, 5.74) is 6.64. The average molecular weight is 688 g/mol. The molecule has 0 radical (unpaired) electrons. The molecule has 0 amide bonds. The summed E-state index contributed by atoms with van der Waals surface area (Å²) in [4.78, 5) is 14.4. The normalized spacial score (nSPS) is 13.0. The van der Waals surface area contributed by atoms with Gasteiger partial charge in [-0.3, -0.25) is 4.57 Å². The first kappa shape index (κ1) is 31.1. The van der Waals surface area contributed by atoms with E-state index in [0.717, 1.165) is 56.6 Å². The molecule has 0 fully saturated rings. The maximum absolute atomic E-state index is 6.66. The SMILES string of the molecule is CC(C)(C)c1ccnc(-n2c3ccccc3c3ccc(Oc4cccc(N5CN(c6cccc7c6ccc6ccccc67)c6cccnc65)c4)cc32)c1. The highest BCUT2D eigenvalue weighted by molar-refractivity contribution is 6.12. The Hall–Kier alpha value is -6.66. The van der Waals surface area contributed by atoms with Crippen LogP contribution in [0, 0.1) is 0 Å². The van der Waals surface area contributed by atoms with Crippen molar-refractivity contribution in [2.24, 2.45) is 0 Å². The van der Waals surface area contributed by atoms with E-state index < -0.39 is 0 Å². The van der Waals surface area contributed by atoms with Crippen molar-refractivity contribution in [3.63, 3.8) is 0 Å². The van der Waals surface area contributed by atoms with Gasteiger partial charge in [0.25, 0.3) is 0 Å². The van der Waals surface area contributed by atoms with Crippen LogP contribution in [0.3, 0.4) is 0 Å². The summed E-state index contributed by atoms with van der Waals surface area (Å²) in [5, 5.41) is 7.30. The number of nitrogens with zero attached hydrogens (tertiary/aromatic N) is 5. The van der Waals surface area contributed by atoms with Gasteiger partial charge in [0.15, 0.2) is 5.82 Å². The van der Waals surface area contributed by atoms with Crippen molar-refractivity contribution in [2.75, 3.05) is 16.5 Å². The number of rotatable bonds is 5. The van der Waals surface area contributed by atoms with Crippen LogP contribution in [0.5, 0.6) is 11.5 Å². The molecule has 3 aromatic heterocycles. The summed E-state index contributed by atoms with van der Waals surface area (Å²) >= 11 is 0. The molecule has 10 rings (SSSR count). The summed E-state index contributed by atoms with van der Waals surface area (Å²) < 4.78 is 8.91. The minimum atomic E-state index is 0.00190. The lowest BCUT2D eigenvalue weighted by atomic mass is 9.88. The second kappa shape index (κ2) is 12.0. The highest BCUT2D eigenvalue weighted by Gasteiger charge is 2.30. The Labute approximate surface area is 308 Å². The summed E-state index contributed by atoms with van der Waals surface area (Å²) in [6.45, 7) is 7.32. The molecule has 0 aliphatic carbocycles. The smallest absolute Gasteiger partial charge is 0.158 e. The first-order valence-electron chi connectivity index (χ1n) is 18.1. The Morgan fingerprint density at radius 3 is 2.19 bits per heavy atom. The van der Waals surface area contributed by atoms with Gasteiger partial charge < -0.3 is 14.5 Å². The monoisotopic (exact) mass is 687 g/mol. The fourth-order valence-corrected chi connectivity index (χ4v) is 7.88. The van der Waals surface area contributed by atoms with Crippen LogP contribution in [0.2, 0.25) is 0 Å². The minimum Gasteiger partial charge on any atom is -0.457 e. The van der Waals surface area contributed by atoms with Crippen LogP contribution in [-0.2, 0) is 5.41 Å². The Balaban J connectivity index is 1.01. The number of hydrogen-bond acceptors (Lipinski definition) is 5. The van der Waals surface area contributed by atoms with Crippen molar-refractivity contribution in [1.29, 1.82) is 0 Å². The second-order valence-electron chi connectivity index (χ2n) is 14.8. The summed E-state index contributed by atoms with van der Waals surface area (Å²) in [6, 6.07) is 51.3. The molecule has 1 aliphatic heterocycles. The standard InChI is InChI=1S/C47H37N5O/c1-47(2,3)32-24-26-48-45(27-32)52-42-17-7-6-15-38(42)40-23-21-35(29-44(40)52)53-34-13-8-12-33(28-34)50-30-51(43-19-10-25-49-46(43)50)41-18-9-16-37-36-14-5-4-11-31(36)20-22-39(37)41/h4-29H,30H2,1-3H3. The maximum atomic E-state index is 6.66. The molecule has 0 N–H and O–H groups in total. The lowest BCUT2D eigenvalue weighted by Gasteiger charge is -2.23. The largest absolute Gasteiger partial charge is 0.457 e. The topological polar surface area (TPSA) is 46.4 Å². The Bertz CT molecular complexity index is 2870. The number of anilines is 4. The number of ether oxygens (including phenoxy) is 1. The van der Waals surface area contributed by atoms with Gasteiger partial charge in [0.2, 0.25) is 0 Å². The molecule has 1 aliphatic rings. The van der Waals surface area contributed by atoms with Crippen molar-refractivity contribution in [3.05, 3.63) is 164 Å². The number of aromatic nitrogens is 3. The Morgan fingerprint density at radius 2 is 1.28 bits per heavy atom. The quantitative estimate of drug-likeness (QED) is 0.169. The van der Waals surface area contributed by atoms with E-state index in [2.05, 4.69) is 169 Å². The van der Waals surface area contributed by atoms with Gasteiger partial charge in [-0.15, -0.1) is 0 Å². The molecule has 0 spiro atoms. The zero-order valence-corrected chi connectivity index (χ0v) is 29.9. The van der Waals surface area contributed by atoms with Gasteiger partial charge in [-0.2, -0.15) is 0 Å². The molecular formula is C47H37N5O. The molecule has 53 heavy (non-hydrogen) atoms. The molecule has 6 nitrogen and oxygen atoms in total. The molecule has 6 aromatic carbocycles. The van der Waals surface area contributed by atoms with Gasteiger partial charge in [-0.05, 0) is 87.8 Å². The van der Waals surface area contributed by atoms with E-state index in [1.807, 2.05) is 24.5 Å². The number of hydrogen-bond donors (Lipinski definition) is 0. The third-order valence-electron chi connectivity index (χ3n) is 10.5. The van der Waals surface area contributed by atoms with Crippen LogP contribution in [0.25, 0.3) is 49.2 Å². The molecule has 6 heteroatoms. The van der Waals surface area contributed by atoms with Crippen LogP contribution in [0.4, 0.5) is 22.9 Å². The lowest BCUT2D eigenvalue weighted by molar-refractivity contribution is 0.483. The summed E-state index contributed by atoms with van der Waals surface area (Å²) in [6.07, 6.45) is 3.78. The van der Waals surface area contributed by atoms with E-state index >= 15 is 0 Å². The van der Waals surface area contributed by atoms with Crippen molar-refractivity contribution < 1.29 is 4.74 Å². The van der Waals surface area contributed by atoms with Crippen molar-refractivity contribution in [2.45, 2.75) is 26.2 Å². The minimum absolute atomic E-state index is 0.00190. The fraction of sp³-hybridized carbons (Fsp3) is 0.106. The first-order valence-corrected chi connectivity index (χ1v) is 18.1. The van der Waals surface area contributed by atoms with Gasteiger partial charge in [0.1, 0.15) is 24.0 Å². The Kier molecular flexibility index (Phi) is 7.02. The highest BCUT2D eigenvalue weighted by Crippen LogP contribution is 2.46. The molecule has 4 heterocycles. The van der Waals surface area contributed by atoms with Crippen LogP contribution in [0.15, 0.2) is 158 Å². The molecule has 0 saturated carbocycles. The molecule has 0 atom stereocenters. The third kappa shape index (κ3) is 5.17. The van der Waals surface area contributed by atoms with Gasteiger partial charge in [-0.1, -0.05) is 93.6 Å². The molecular weight excluding hydrogens is 651 g/mol. The van der Waals surface area contributed by atoms with Gasteiger partial charge >= 0.3 is 0 Å². The van der Waals surface area contributed by atoms with Crippen LogP contribution < -0.4 is 14.5 Å². The first-order chi connectivity index (χ1) is 25.9. The second-order valence-corrected chi connectivity index (χ2v) is 14.8.